The molecule has 6 nitrogen and oxygen atoms in total. The molecule has 110 valence electrons. The number of benzene rings is 1. The fourth-order valence-electron chi connectivity index (χ4n) is 2.14. The van der Waals surface area contributed by atoms with Crippen LogP contribution in [0, 0.1) is 0 Å². The van der Waals surface area contributed by atoms with E-state index in [1.54, 1.807) is 0 Å². The van der Waals surface area contributed by atoms with E-state index in [4.69, 9.17) is 20.4 Å². The fourth-order valence-corrected chi connectivity index (χ4v) is 2.14. The van der Waals surface area contributed by atoms with Crippen LogP contribution in [0.1, 0.15) is 6.42 Å². The Labute approximate surface area is 118 Å². The van der Waals surface area contributed by atoms with Crippen molar-refractivity contribution < 1.29 is 14.7 Å². The van der Waals surface area contributed by atoms with Crippen LogP contribution >= 0.6 is 0 Å². The van der Waals surface area contributed by atoms with Gasteiger partial charge in [-0.3, -0.25) is 4.90 Å². The second-order valence-electron chi connectivity index (χ2n) is 4.70. The summed E-state index contributed by atoms with van der Waals surface area (Å²) in [6.45, 7) is 3.70. The van der Waals surface area contributed by atoms with Gasteiger partial charge in [0.1, 0.15) is 11.9 Å². The Morgan fingerprint density at radius 3 is 3.00 bits per heavy atom. The van der Waals surface area contributed by atoms with Crippen molar-refractivity contribution in [3.8, 4) is 5.75 Å². The van der Waals surface area contributed by atoms with Crippen molar-refractivity contribution in [1.29, 1.82) is 0 Å². The second kappa shape index (κ2) is 7.72. The van der Waals surface area contributed by atoms with Crippen LogP contribution in [0.5, 0.6) is 5.75 Å². The van der Waals surface area contributed by atoms with Gasteiger partial charge >= 0.3 is 0 Å². The Morgan fingerprint density at radius 1 is 1.45 bits per heavy atom. The summed E-state index contributed by atoms with van der Waals surface area (Å²) in [5.74, 6) is 1.03. The number of hydrogen-bond donors (Lipinski definition) is 2. The topological polar surface area (TPSA) is 80.3 Å². The fraction of sp³-hybridized carbons (Fsp3) is 0.500. The first-order chi connectivity index (χ1) is 9.79. The number of hydrogen-bond acceptors (Lipinski definition) is 5. The van der Waals surface area contributed by atoms with Crippen LogP contribution in [-0.2, 0) is 4.74 Å². The molecule has 0 amide bonds. The number of nitrogens with two attached hydrogens (primary N) is 1. The molecule has 1 unspecified atom stereocenters. The van der Waals surface area contributed by atoms with Gasteiger partial charge in [0.05, 0.1) is 13.2 Å². The van der Waals surface area contributed by atoms with Crippen molar-refractivity contribution in [3.05, 3.63) is 30.3 Å². The van der Waals surface area contributed by atoms with Crippen molar-refractivity contribution in [3.63, 3.8) is 0 Å². The van der Waals surface area contributed by atoms with E-state index in [9.17, 15) is 0 Å². The third kappa shape index (κ3) is 4.40. The lowest BCUT2D eigenvalue weighted by Crippen LogP contribution is -2.48. The van der Waals surface area contributed by atoms with E-state index in [0.717, 1.165) is 25.3 Å². The van der Waals surface area contributed by atoms with Crippen LogP contribution in [-0.4, -0.2) is 54.9 Å². The second-order valence-corrected chi connectivity index (χ2v) is 4.70. The van der Waals surface area contributed by atoms with E-state index in [0.29, 0.717) is 19.8 Å². The third-order valence-corrected chi connectivity index (χ3v) is 3.23. The number of morpholine rings is 1. The maximum Gasteiger partial charge on any atom is 0.169 e. The summed E-state index contributed by atoms with van der Waals surface area (Å²) in [4.78, 5) is 2.24. The number of oxime groups is 1. The summed E-state index contributed by atoms with van der Waals surface area (Å²) >= 11 is 0. The van der Waals surface area contributed by atoms with Gasteiger partial charge < -0.3 is 20.4 Å². The molecule has 0 bridgehead atoms. The zero-order valence-electron chi connectivity index (χ0n) is 11.4. The lowest BCUT2D eigenvalue weighted by Gasteiger charge is -2.32. The number of ether oxygens (including phenoxy) is 2. The minimum absolute atomic E-state index is 0.134. The highest BCUT2D eigenvalue weighted by Gasteiger charge is 2.23. The van der Waals surface area contributed by atoms with E-state index in [1.165, 1.54) is 0 Å². The number of amidine groups is 1. The number of nitrogens with zero attached hydrogens (tertiary/aromatic N) is 2. The lowest BCUT2D eigenvalue weighted by molar-refractivity contribution is 0.00323. The van der Waals surface area contributed by atoms with Crippen LogP contribution in [0.3, 0.4) is 0 Å². The smallest absolute Gasteiger partial charge is 0.169 e. The molecular weight excluding hydrogens is 258 g/mol. The maximum absolute atomic E-state index is 8.66. The minimum Gasteiger partial charge on any atom is -0.494 e. The van der Waals surface area contributed by atoms with Crippen molar-refractivity contribution in [2.45, 2.75) is 12.5 Å². The van der Waals surface area contributed by atoms with E-state index < -0.39 is 0 Å². The molecular formula is C14H21N3O3. The number of para-hydroxylation sites is 1. The van der Waals surface area contributed by atoms with Crippen molar-refractivity contribution in [2.24, 2.45) is 10.9 Å². The molecule has 1 aliphatic heterocycles. The molecule has 3 N–H and O–H groups in total. The standard InChI is InChI=1S/C14H21N3O3/c15-14(16-18)13-11-17(8-10-20-13)7-4-9-19-12-5-2-1-3-6-12/h1-3,5-6,13,18H,4,7-11H2,(H2,15,16). The minimum atomic E-state index is -0.316. The summed E-state index contributed by atoms with van der Waals surface area (Å²) in [6.07, 6.45) is 0.612. The molecule has 0 aromatic heterocycles. The monoisotopic (exact) mass is 279 g/mol. The van der Waals surface area contributed by atoms with Gasteiger partial charge in [-0.2, -0.15) is 0 Å². The highest BCUT2D eigenvalue weighted by molar-refractivity contribution is 5.84. The average Bonchev–Trinajstić information content (AvgIpc) is 2.52. The number of rotatable bonds is 6. The van der Waals surface area contributed by atoms with Gasteiger partial charge in [0.15, 0.2) is 5.84 Å². The Kier molecular flexibility index (Phi) is 5.64. The summed E-state index contributed by atoms with van der Waals surface area (Å²) in [7, 11) is 0. The Hall–Kier alpha value is -1.79. The molecule has 0 spiro atoms. The average molecular weight is 279 g/mol. The first-order valence-electron chi connectivity index (χ1n) is 6.79. The molecule has 1 aliphatic rings. The molecule has 1 fully saturated rings. The molecule has 0 saturated carbocycles. The normalized spacial score (nSPS) is 20.8. The van der Waals surface area contributed by atoms with Crippen LogP contribution < -0.4 is 10.5 Å². The third-order valence-electron chi connectivity index (χ3n) is 3.23. The zero-order valence-corrected chi connectivity index (χ0v) is 11.4. The van der Waals surface area contributed by atoms with E-state index in [-0.39, 0.29) is 11.9 Å². The first-order valence-corrected chi connectivity index (χ1v) is 6.79. The van der Waals surface area contributed by atoms with Gasteiger partial charge in [-0.05, 0) is 18.6 Å². The van der Waals surface area contributed by atoms with Crippen LogP contribution in [0.2, 0.25) is 0 Å². The quantitative estimate of drug-likeness (QED) is 0.266. The van der Waals surface area contributed by atoms with E-state index in [2.05, 4.69) is 10.1 Å². The summed E-state index contributed by atoms with van der Waals surface area (Å²) in [6, 6.07) is 9.78. The molecule has 1 heterocycles. The Morgan fingerprint density at radius 2 is 2.25 bits per heavy atom. The summed E-state index contributed by atoms with van der Waals surface area (Å²) < 4.78 is 11.1. The molecule has 0 aliphatic carbocycles. The highest BCUT2D eigenvalue weighted by Crippen LogP contribution is 2.09. The van der Waals surface area contributed by atoms with Gasteiger partial charge in [0, 0.05) is 19.6 Å². The van der Waals surface area contributed by atoms with Gasteiger partial charge in [-0.25, -0.2) is 0 Å². The van der Waals surface area contributed by atoms with Crippen molar-refractivity contribution >= 4 is 5.84 Å². The molecule has 6 heteroatoms. The van der Waals surface area contributed by atoms with Gasteiger partial charge in [-0.15, -0.1) is 0 Å². The van der Waals surface area contributed by atoms with Crippen molar-refractivity contribution in [1.82, 2.24) is 4.90 Å². The van der Waals surface area contributed by atoms with E-state index >= 15 is 0 Å². The first kappa shape index (κ1) is 14.6. The highest BCUT2D eigenvalue weighted by atomic mass is 16.5. The SMILES string of the molecule is NC(=NO)C1CN(CCCOc2ccccc2)CCO1. The van der Waals surface area contributed by atoms with E-state index in [1.807, 2.05) is 30.3 Å². The molecule has 1 atom stereocenters. The van der Waals surface area contributed by atoms with Crippen LogP contribution in [0.4, 0.5) is 0 Å². The zero-order chi connectivity index (χ0) is 14.2. The predicted molar refractivity (Wildman–Crippen MR) is 76.1 cm³/mol. The molecule has 20 heavy (non-hydrogen) atoms. The molecule has 0 radical (unpaired) electrons. The molecule has 1 saturated heterocycles. The maximum atomic E-state index is 8.66. The predicted octanol–water partition coefficient (Wildman–Crippen LogP) is 0.903. The van der Waals surface area contributed by atoms with Crippen molar-refractivity contribution in [2.75, 3.05) is 32.8 Å². The Bertz CT molecular complexity index is 425. The molecule has 1 aromatic rings. The largest absolute Gasteiger partial charge is 0.494 e. The van der Waals surface area contributed by atoms with Gasteiger partial charge in [-0.1, -0.05) is 23.4 Å². The van der Waals surface area contributed by atoms with Gasteiger partial charge in [0.25, 0.3) is 0 Å². The lowest BCUT2D eigenvalue weighted by atomic mass is 10.2. The van der Waals surface area contributed by atoms with Crippen LogP contribution in [0.15, 0.2) is 35.5 Å². The summed E-state index contributed by atoms with van der Waals surface area (Å²) in [5.41, 5.74) is 5.56. The molecule has 2 rings (SSSR count). The summed E-state index contributed by atoms with van der Waals surface area (Å²) in [5, 5.41) is 11.7. The van der Waals surface area contributed by atoms with Gasteiger partial charge in [0.2, 0.25) is 0 Å². The Balaban J connectivity index is 1.66. The van der Waals surface area contributed by atoms with Crippen LogP contribution in [0.25, 0.3) is 0 Å². The molecule has 1 aromatic carbocycles.